The average Bonchev–Trinajstić information content (AvgIpc) is 2.76. The lowest BCUT2D eigenvalue weighted by molar-refractivity contribution is 0.0729. The van der Waals surface area contributed by atoms with Crippen molar-refractivity contribution >= 4 is 28.8 Å². The van der Waals surface area contributed by atoms with Crippen molar-refractivity contribution in [3.05, 3.63) is 16.3 Å². The van der Waals surface area contributed by atoms with E-state index in [2.05, 4.69) is 0 Å². The van der Waals surface area contributed by atoms with Crippen LogP contribution in [0.5, 0.6) is 5.75 Å². The fourth-order valence-electron chi connectivity index (χ4n) is 1.87. The summed E-state index contributed by atoms with van der Waals surface area (Å²) in [6.45, 7) is 1.44. The Kier molecular flexibility index (Phi) is 3.71. The summed E-state index contributed by atoms with van der Waals surface area (Å²) in [5.74, 6) is 0.698. The van der Waals surface area contributed by atoms with Crippen LogP contribution in [-0.4, -0.2) is 36.4 Å². The number of nitrogens with zero attached hydrogens (tertiary/aromatic N) is 1. The van der Waals surface area contributed by atoms with Gasteiger partial charge in [-0.05, 0) is 24.3 Å². The molecule has 5 heteroatoms. The zero-order valence-corrected chi connectivity index (χ0v) is 10.7. The van der Waals surface area contributed by atoms with Gasteiger partial charge in [-0.1, -0.05) is 0 Å². The number of likely N-dealkylation sites (tertiary alicyclic amines) is 1. The minimum atomic E-state index is 0.0391. The molecule has 1 fully saturated rings. The van der Waals surface area contributed by atoms with Crippen LogP contribution in [0, 0.1) is 0 Å². The molecule has 1 unspecified atom stereocenters. The van der Waals surface area contributed by atoms with Crippen LogP contribution in [0.25, 0.3) is 0 Å². The van der Waals surface area contributed by atoms with Gasteiger partial charge in [0.25, 0.3) is 5.91 Å². The minimum Gasteiger partial charge on any atom is -0.495 e. The molecule has 1 aromatic heterocycles. The highest BCUT2D eigenvalue weighted by Crippen LogP contribution is 2.27. The Morgan fingerprint density at radius 3 is 3.19 bits per heavy atom. The van der Waals surface area contributed by atoms with E-state index in [9.17, 15) is 4.79 Å². The van der Waals surface area contributed by atoms with Gasteiger partial charge in [0.1, 0.15) is 10.6 Å². The van der Waals surface area contributed by atoms with Crippen molar-refractivity contribution in [2.45, 2.75) is 18.2 Å². The second-order valence-corrected chi connectivity index (χ2v) is 5.34. The molecule has 0 bridgehead atoms. The van der Waals surface area contributed by atoms with E-state index < -0.39 is 0 Å². The van der Waals surface area contributed by atoms with E-state index in [1.54, 1.807) is 7.11 Å². The zero-order chi connectivity index (χ0) is 11.5. The van der Waals surface area contributed by atoms with Crippen LogP contribution in [-0.2, 0) is 0 Å². The lowest BCUT2D eigenvalue weighted by Crippen LogP contribution is -2.40. The quantitative estimate of drug-likeness (QED) is 0.764. The fourth-order valence-corrected chi connectivity index (χ4v) is 3.01. The van der Waals surface area contributed by atoms with Crippen molar-refractivity contribution in [1.82, 2.24) is 4.90 Å². The number of carbonyl (C=O) groups is 1. The molecule has 0 aromatic carbocycles. The Bertz CT molecular complexity index is 380. The molecule has 16 heavy (non-hydrogen) atoms. The highest BCUT2D eigenvalue weighted by atomic mass is 35.5. The van der Waals surface area contributed by atoms with E-state index in [-0.39, 0.29) is 11.3 Å². The number of piperidine rings is 1. The molecule has 0 radical (unpaired) electrons. The van der Waals surface area contributed by atoms with Crippen molar-refractivity contribution in [2.24, 2.45) is 0 Å². The minimum absolute atomic E-state index is 0.0391. The number of hydrogen-bond acceptors (Lipinski definition) is 3. The van der Waals surface area contributed by atoms with E-state index >= 15 is 0 Å². The van der Waals surface area contributed by atoms with Gasteiger partial charge in [-0.3, -0.25) is 4.79 Å². The Balaban J connectivity index is 2.12. The van der Waals surface area contributed by atoms with Crippen LogP contribution in [0.3, 0.4) is 0 Å². The van der Waals surface area contributed by atoms with Gasteiger partial charge in [-0.15, -0.1) is 22.9 Å². The maximum atomic E-state index is 12.2. The number of alkyl halides is 1. The van der Waals surface area contributed by atoms with Crippen molar-refractivity contribution in [1.29, 1.82) is 0 Å². The summed E-state index contributed by atoms with van der Waals surface area (Å²) < 4.78 is 5.15. The molecule has 1 amide bonds. The van der Waals surface area contributed by atoms with Crippen molar-refractivity contribution in [3.63, 3.8) is 0 Å². The Hall–Kier alpha value is -0.740. The molecular formula is C11H14ClNO2S. The van der Waals surface area contributed by atoms with Gasteiger partial charge < -0.3 is 9.64 Å². The molecule has 88 valence electrons. The topological polar surface area (TPSA) is 29.5 Å². The summed E-state index contributed by atoms with van der Waals surface area (Å²) in [6.07, 6.45) is 1.97. The van der Waals surface area contributed by atoms with Crippen molar-refractivity contribution in [2.75, 3.05) is 20.2 Å². The SMILES string of the molecule is COc1ccsc1C(=O)N1CCCC(Cl)C1. The number of halogens is 1. The molecule has 1 atom stereocenters. The van der Waals surface area contributed by atoms with Crippen molar-refractivity contribution in [3.8, 4) is 5.75 Å². The van der Waals surface area contributed by atoms with Crippen LogP contribution in [0.2, 0.25) is 0 Å². The summed E-state index contributed by atoms with van der Waals surface area (Å²) in [5, 5.41) is 1.96. The molecule has 2 heterocycles. The van der Waals surface area contributed by atoms with Gasteiger partial charge >= 0.3 is 0 Å². The number of methoxy groups -OCH3 is 1. The van der Waals surface area contributed by atoms with E-state index in [1.165, 1.54) is 11.3 Å². The van der Waals surface area contributed by atoms with Gasteiger partial charge in [-0.2, -0.15) is 0 Å². The highest BCUT2D eigenvalue weighted by Gasteiger charge is 2.25. The van der Waals surface area contributed by atoms with E-state index in [1.807, 2.05) is 16.3 Å². The first-order valence-electron chi connectivity index (χ1n) is 5.27. The lowest BCUT2D eigenvalue weighted by atomic mass is 10.1. The Labute approximate surface area is 104 Å². The molecule has 3 nitrogen and oxygen atoms in total. The molecular weight excluding hydrogens is 246 g/mol. The molecule has 1 aliphatic rings. The highest BCUT2D eigenvalue weighted by molar-refractivity contribution is 7.12. The predicted octanol–water partition coefficient (Wildman–Crippen LogP) is 2.60. The van der Waals surface area contributed by atoms with Gasteiger partial charge in [0.05, 0.1) is 12.5 Å². The molecule has 1 saturated heterocycles. The normalized spacial score (nSPS) is 20.9. The lowest BCUT2D eigenvalue weighted by Gasteiger charge is -2.29. The standard InChI is InChI=1S/C11H14ClNO2S/c1-15-9-4-6-16-10(9)11(14)13-5-2-3-8(12)7-13/h4,6,8H,2-3,5,7H2,1H3. The summed E-state index contributed by atoms with van der Waals surface area (Å²) in [4.78, 5) is 14.7. The second-order valence-electron chi connectivity index (χ2n) is 3.81. The Morgan fingerprint density at radius 2 is 2.50 bits per heavy atom. The molecule has 2 rings (SSSR count). The van der Waals surface area contributed by atoms with Crippen LogP contribution in [0.1, 0.15) is 22.5 Å². The maximum Gasteiger partial charge on any atom is 0.267 e. The van der Waals surface area contributed by atoms with Gasteiger partial charge in [-0.25, -0.2) is 0 Å². The fraction of sp³-hybridized carbons (Fsp3) is 0.545. The second kappa shape index (κ2) is 5.06. The molecule has 1 aliphatic heterocycles. The third kappa shape index (κ3) is 2.33. The molecule has 1 aromatic rings. The molecule has 0 spiro atoms. The van der Waals surface area contributed by atoms with Gasteiger partial charge in [0.2, 0.25) is 0 Å². The molecule has 0 N–H and O–H groups in total. The maximum absolute atomic E-state index is 12.2. The smallest absolute Gasteiger partial charge is 0.267 e. The number of rotatable bonds is 2. The third-order valence-electron chi connectivity index (χ3n) is 2.69. The number of thiophene rings is 1. The van der Waals surface area contributed by atoms with Gasteiger partial charge in [0.15, 0.2) is 0 Å². The average molecular weight is 260 g/mol. The number of amides is 1. The summed E-state index contributed by atoms with van der Waals surface area (Å²) in [5.41, 5.74) is 0. The summed E-state index contributed by atoms with van der Waals surface area (Å²) in [7, 11) is 1.58. The van der Waals surface area contributed by atoms with Crippen molar-refractivity contribution < 1.29 is 9.53 Å². The predicted molar refractivity (Wildman–Crippen MR) is 65.6 cm³/mol. The summed E-state index contributed by atoms with van der Waals surface area (Å²) in [6, 6.07) is 1.82. The van der Waals surface area contributed by atoms with E-state index in [4.69, 9.17) is 16.3 Å². The van der Waals surface area contributed by atoms with E-state index in [0.29, 0.717) is 17.2 Å². The number of hydrogen-bond donors (Lipinski definition) is 0. The van der Waals surface area contributed by atoms with Gasteiger partial charge in [0, 0.05) is 13.1 Å². The summed E-state index contributed by atoms with van der Waals surface area (Å²) >= 11 is 7.49. The van der Waals surface area contributed by atoms with Crippen LogP contribution >= 0.6 is 22.9 Å². The molecule has 0 saturated carbocycles. The first-order valence-corrected chi connectivity index (χ1v) is 6.59. The van der Waals surface area contributed by atoms with E-state index in [0.717, 1.165) is 19.4 Å². The zero-order valence-electron chi connectivity index (χ0n) is 9.11. The molecule has 0 aliphatic carbocycles. The first kappa shape index (κ1) is 11.7. The first-order chi connectivity index (χ1) is 7.72. The third-order valence-corrected chi connectivity index (χ3v) is 3.93. The number of carbonyl (C=O) groups excluding carboxylic acids is 1. The largest absolute Gasteiger partial charge is 0.495 e. The number of ether oxygens (including phenoxy) is 1. The van der Waals surface area contributed by atoms with Crippen LogP contribution in [0.4, 0.5) is 0 Å². The monoisotopic (exact) mass is 259 g/mol. The van der Waals surface area contributed by atoms with Crippen LogP contribution in [0.15, 0.2) is 11.4 Å². The Morgan fingerprint density at radius 1 is 1.69 bits per heavy atom. The van der Waals surface area contributed by atoms with Crippen LogP contribution < -0.4 is 4.74 Å².